The molecule has 0 radical (unpaired) electrons. The fourth-order valence-corrected chi connectivity index (χ4v) is 10.4. The maximum absolute atomic E-state index is 4.00. The monoisotopic (exact) mass is 561 g/mol. The molecule has 3 fully saturated rings. The largest absolute Gasteiger partial charge is 0.154 e. The van der Waals surface area contributed by atoms with E-state index < -0.39 is 0 Å². The molecule has 0 N–H and O–H groups in total. The summed E-state index contributed by atoms with van der Waals surface area (Å²) in [5, 5.41) is 0. The molecule has 0 aromatic carbocycles. The van der Waals surface area contributed by atoms with Crippen LogP contribution < -0.4 is 0 Å². The first-order valence-electron chi connectivity index (χ1n) is 16.5. The molecule has 0 spiro atoms. The maximum atomic E-state index is 4.00. The standard InChI is InChI=1S/C14H18.C10H12.C9H12.C5H5.2C2H2.2H2/c1-7-8(2)12-6-11(7)13-9-3-4-10(5-9)14(12)13;1-2-9-7-4-5-8(6-7)10(9)3-1;1-6-7(2)9-4-3-8(6)5-9;1-2-4-5-3-1;2*1-2;;/h3-4,9-14H,5-6H2,1-2H3;1-2,4-5,7-10H,3,6H2;3-4,8-9H,5H2,1-2H3;1-3H,4H2;2*1-2H;2*1H/q;;;+1;;;;/i;;;;;;2*1+1. The first-order valence-corrected chi connectivity index (χ1v) is 16.5. The highest BCUT2D eigenvalue weighted by molar-refractivity contribution is 5.36. The zero-order valence-electron chi connectivity index (χ0n) is 26.3. The summed E-state index contributed by atoms with van der Waals surface area (Å²) in [5.74, 6) is 11.4. The number of hydrogen-bond acceptors (Lipinski definition) is 0. The van der Waals surface area contributed by atoms with Crippen LogP contribution in [-0.4, -0.2) is 0 Å². The average molecular weight is 562 g/mol. The summed E-state index contributed by atoms with van der Waals surface area (Å²) >= 11 is 0. The summed E-state index contributed by atoms with van der Waals surface area (Å²) in [4.78, 5) is 0. The number of allylic oxidation sites excluding steroid dienone is 16. The van der Waals surface area contributed by atoms with Gasteiger partial charge in [0, 0.05) is 8.93 Å². The predicted octanol–water partition coefficient (Wildman–Crippen LogP) is 10.6. The fraction of sp³-hybridized carbons (Fsp3) is 0.524. The minimum Gasteiger partial charge on any atom is -0.124 e. The van der Waals surface area contributed by atoms with Crippen molar-refractivity contribution >= 4 is 0 Å². The summed E-state index contributed by atoms with van der Waals surface area (Å²) < 4.78 is 0. The molecule has 10 aliphatic rings. The molecule has 0 heteroatoms. The highest BCUT2D eigenvalue weighted by Crippen LogP contribution is 2.66. The van der Waals surface area contributed by atoms with Gasteiger partial charge in [0.15, 0.2) is 6.08 Å². The summed E-state index contributed by atoms with van der Waals surface area (Å²) in [5.41, 5.74) is 6.78. The lowest BCUT2D eigenvalue weighted by atomic mass is 9.71. The molecule has 12 atom stereocenters. The molecule has 3 saturated carbocycles. The fourth-order valence-electron chi connectivity index (χ4n) is 10.4. The topological polar surface area (TPSA) is 0 Å². The van der Waals surface area contributed by atoms with Gasteiger partial charge in [-0.25, -0.2) is 0 Å². The Balaban J connectivity index is 0.000000159. The summed E-state index contributed by atoms with van der Waals surface area (Å²) in [7, 11) is 0. The van der Waals surface area contributed by atoms with Gasteiger partial charge >= 0.3 is 0 Å². The molecule has 8 bridgehead atoms. The Bertz CT molecular complexity index is 1220. The van der Waals surface area contributed by atoms with Crippen LogP contribution >= 0.6 is 0 Å². The maximum Gasteiger partial charge on any atom is 0.154 e. The van der Waals surface area contributed by atoms with Gasteiger partial charge in [-0.2, -0.15) is 0 Å². The van der Waals surface area contributed by atoms with Crippen LogP contribution in [0.4, 0.5) is 0 Å². The van der Waals surface area contributed by atoms with Crippen LogP contribution in [0.3, 0.4) is 0 Å². The number of hydrogen-bond donors (Lipinski definition) is 0. The molecule has 0 nitrogen and oxygen atoms in total. The van der Waals surface area contributed by atoms with E-state index in [1.165, 1.54) is 32.1 Å². The molecule has 0 saturated heterocycles. The van der Waals surface area contributed by atoms with Gasteiger partial charge in [-0.05, 0) is 131 Å². The van der Waals surface area contributed by atoms with E-state index >= 15 is 0 Å². The zero-order chi connectivity index (χ0) is 30.0. The van der Waals surface area contributed by atoms with Gasteiger partial charge in [0.25, 0.3) is 0 Å². The smallest absolute Gasteiger partial charge is 0.124 e. The molecular weight excluding hydrogens is 504 g/mol. The van der Waals surface area contributed by atoms with Crippen LogP contribution in [0.1, 0.15) is 69.1 Å². The van der Waals surface area contributed by atoms with E-state index in [-0.39, 0.29) is 2.85 Å². The van der Waals surface area contributed by atoms with Crippen molar-refractivity contribution in [1.82, 2.24) is 0 Å². The molecule has 10 aliphatic carbocycles. The summed E-state index contributed by atoms with van der Waals surface area (Å²) in [6, 6.07) is 0. The molecule has 0 aromatic heterocycles. The van der Waals surface area contributed by atoms with Gasteiger partial charge < -0.3 is 0 Å². The molecule has 0 amide bonds. The van der Waals surface area contributed by atoms with Gasteiger partial charge in [0.05, 0.1) is 12.2 Å². The second-order valence-corrected chi connectivity index (χ2v) is 14.0. The summed E-state index contributed by atoms with van der Waals surface area (Å²) in [6.45, 7) is 9.32. The molecular formula is C42H55+. The van der Waals surface area contributed by atoms with Crippen LogP contribution in [0.25, 0.3) is 0 Å². The third-order valence-corrected chi connectivity index (χ3v) is 12.6. The summed E-state index contributed by atoms with van der Waals surface area (Å²) in [6.07, 6.45) is 52.6. The van der Waals surface area contributed by atoms with E-state index in [1.54, 1.807) is 22.3 Å². The third kappa shape index (κ3) is 5.30. The molecule has 0 aromatic rings. The van der Waals surface area contributed by atoms with Gasteiger partial charge in [-0.3, -0.25) is 0 Å². The average Bonchev–Trinajstić information content (AvgIpc) is 3.87. The minimum atomic E-state index is 0. The van der Waals surface area contributed by atoms with Crippen molar-refractivity contribution in [3.8, 4) is 25.7 Å². The van der Waals surface area contributed by atoms with E-state index in [2.05, 4.69) is 114 Å². The lowest BCUT2D eigenvalue weighted by Gasteiger charge is -2.33. The lowest BCUT2D eigenvalue weighted by Crippen LogP contribution is -2.26. The van der Waals surface area contributed by atoms with Crippen LogP contribution in [0.15, 0.2) is 89.1 Å². The molecule has 222 valence electrons. The molecule has 0 heterocycles. The Labute approximate surface area is 260 Å². The van der Waals surface area contributed by atoms with Gasteiger partial charge in [0.1, 0.15) is 6.42 Å². The van der Waals surface area contributed by atoms with Crippen molar-refractivity contribution in [1.29, 1.82) is 0 Å². The van der Waals surface area contributed by atoms with Crippen molar-refractivity contribution < 1.29 is 2.85 Å². The Morgan fingerprint density at radius 1 is 0.595 bits per heavy atom. The molecule has 10 rings (SSSR count). The van der Waals surface area contributed by atoms with E-state index in [9.17, 15) is 0 Å². The lowest BCUT2D eigenvalue weighted by molar-refractivity contribution is 0.273. The SMILES string of the molecule is C#C.C#C.C1=CC2C3C=CC(C3)C2C1.CC1=C(C)C2C=CC1C2.CC1=C(C)C2CC1C1C3C=CC(C3)C21.[2HH].[2HH].[C+]1=CC=CC1. The Morgan fingerprint density at radius 2 is 1.14 bits per heavy atom. The van der Waals surface area contributed by atoms with Crippen molar-refractivity contribution in [3.63, 3.8) is 0 Å². The van der Waals surface area contributed by atoms with Gasteiger partial charge in [0.2, 0.25) is 0 Å². The highest BCUT2D eigenvalue weighted by Gasteiger charge is 2.59. The Kier molecular flexibility index (Phi) is 9.47. The molecule has 0 aliphatic heterocycles. The number of rotatable bonds is 0. The quantitative estimate of drug-likeness (QED) is 0.119. The van der Waals surface area contributed by atoms with Crippen LogP contribution in [0.5, 0.6) is 0 Å². The number of fused-ring (bicyclic) bond motifs is 16. The van der Waals surface area contributed by atoms with E-state index in [1.807, 2.05) is 12.2 Å². The van der Waals surface area contributed by atoms with Gasteiger partial charge in [-0.1, -0.05) is 70.9 Å². The van der Waals surface area contributed by atoms with E-state index in [0.717, 1.165) is 77.4 Å². The Hall–Kier alpha value is -3.05. The minimum absolute atomic E-state index is 0. The Morgan fingerprint density at radius 3 is 1.60 bits per heavy atom. The van der Waals surface area contributed by atoms with Crippen LogP contribution in [-0.2, 0) is 0 Å². The van der Waals surface area contributed by atoms with E-state index in [4.69, 9.17) is 0 Å². The van der Waals surface area contributed by atoms with Gasteiger partial charge in [-0.15, -0.1) is 25.7 Å². The van der Waals surface area contributed by atoms with Crippen LogP contribution in [0.2, 0.25) is 0 Å². The normalized spacial score (nSPS) is 42.5. The predicted molar refractivity (Wildman–Crippen MR) is 184 cm³/mol. The zero-order valence-corrected chi connectivity index (χ0v) is 26.3. The third-order valence-electron chi connectivity index (χ3n) is 12.6. The number of terminal acetylenes is 2. The highest BCUT2D eigenvalue weighted by atomic mass is 14.6. The first-order chi connectivity index (χ1) is 20.5. The second kappa shape index (κ2) is 13.1. The van der Waals surface area contributed by atoms with E-state index in [0.29, 0.717) is 0 Å². The van der Waals surface area contributed by atoms with Crippen LogP contribution in [0, 0.1) is 103 Å². The second-order valence-electron chi connectivity index (χ2n) is 14.0. The molecule has 42 heavy (non-hydrogen) atoms. The first kappa shape index (κ1) is 30.4. The van der Waals surface area contributed by atoms with Crippen molar-refractivity contribution in [2.45, 2.75) is 66.2 Å². The molecule has 12 unspecified atom stereocenters. The van der Waals surface area contributed by atoms with Crippen molar-refractivity contribution in [2.75, 3.05) is 0 Å². The van der Waals surface area contributed by atoms with Crippen molar-refractivity contribution in [2.24, 2.45) is 71.0 Å². The van der Waals surface area contributed by atoms with Crippen molar-refractivity contribution in [3.05, 3.63) is 95.2 Å².